The molecular formula is C16H15N3. The van der Waals surface area contributed by atoms with Crippen molar-refractivity contribution in [1.82, 2.24) is 0 Å². The van der Waals surface area contributed by atoms with E-state index in [0.717, 1.165) is 42.1 Å². The van der Waals surface area contributed by atoms with Crippen molar-refractivity contribution in [1.29, 1.82) is 5.26 Å². The van der Waals surface area contributed by atoms with E-state index in [1.807, 2.05) is 36.4 Å². The van der Waals surface area contributed by atoms with Gasteiger partial charge in [0.25, 0.3) is 0 Å². The van der Waals surface area contributed by atoms with Crippen molar-refractivity contribution in [3.05, 3.63) is 54.1 Å². The van der Waals surface area contributed by atoms with Gasteiger partial charge in [-0.05, 0) is 30.7 Å². The van der Waals surface area contributed by atoms with Gasteiger partial charge in [0.2, 0.25) is 0 Å². The van der Waals surface area contributed by atoms with Crippen molar-refractivity contribution in [2.45, 2.75) is 6.42 Å². The van der Waals surface area contributed by atoms with Gasteiger partial charge in [-0.2, -0.15) is 5.26 Å². The Balaban J connectivity index is 2.12. The Kier molecular flexibility index (Phi) is 3.07. The normalized spacial score (nSPS) is 13.9. The average Bonchev–Trinajstić information content (AvgIpc) is 2.69. The van der Waals surface area contributed by atoms with Crippen molar-refractivity contribution in [2.75, 3.05) is 23.3 Å². The fourth-order valence-corrected chi connectivity index (χ4v) is 2.49. The second-order valence-corrected chi connectivity index (χ2v) is 4.58. The molecule has 0 bridgehead atoms. The van der Waals surface area contributed by atoms with E-state index in [2.05, 4.69) is 28.4 Å². The molecule has 94 valence electrons. The van der Waals surface area contributed by atoms with E-state index >= 15 is 0 Å². The van der Waals surface area contributed by atoms with E-state index in [1.165, 1.54) is 0 Å². The Morgan fingerprint density at radius 3 is 2.58 bits per heavy atom. The lowest BCUT2D eigenvalue weighted by Crippen LogP contribution is -2.18. The van der Waals surface area contributed by atoms with Crippen LogP contribution in [-0.4, -0.2) is 13.1 Å². The first-order chi connectivity index (χ1) is 9.40. The molecular weight excluding hydrogens is 234 g/mol. The molecule has 1 heterocycles. The molecule has 0 spiro atoms. The average molecular weight is 249 g/mol. The van der Waals surface area contributed by atoms with Gasteiger partial charge in [0.05, 0.1) is 22.6 Å². The Hall–Kier alpha value is -2.47. The summed E-state index contributed by atoms with van der Waals surface area (Å²) in [5.74, 6) is 0. The van der Waals surface area contributed by atoms with Gasteiger partial charge in [0.15, 0.2) is 0 Å². The van der Waals surface area contributed by atoms with Crippen LogP contribution in [0.3, 0.4) is 0 Å². The van der Waals surface area contributed by atoms with Crippen LogP contribution in [0.15, 0.2) is 48.5 Å². The van der Waals surface area contributed by atoms with Crippen LogP contribution in [0.4, 0.5) is 17.1 Å². The number of fused-ring (bicyclic) bond motifs is 1. The molecule has 19 heavy (non-hydrogen) atoms. The van der Waals surface area contributed by atoms with Gasteiger partial charge in [0.1, 0.15) is 6.07 Å². The molecule has 1 aliphatic heterocycles. The summed E-state index contributed by atoms with van der Waals surface area (Å²) in [6, 6.07) is 18.3. The van der Waals surface area contributed by atoms with Crippen LogP contribution in [0, 0.1) is 11.3 Å². The summed E-state index contributed by atoms with van der Waals surface area (Å²) in [6.45, 7) is 1.88. The summed E-state index contributed by atoms with van der Waals surface area (Å²) >= 11 is 0. The minimum absolute atomic E-state index is 0.721. The molecule has 0 amide bonds. The second kappa shape index (κ2) is 5.03. The fourth-order valence-electron chi connectivity index (χ4n) is 2.49. The molecule has 0 saturated carbocycles. The molecule has 0 atom stereocenters. The number of nitrogens with one attached hydrogen (secondary N) is 1. The van der Waals surface area contributed by atoms with Crippen LogP contribution in [-0.2, 0) is 0 Å². The first-order valence-electron chi connectivity index (χ1n) is 6.50. The van der Waals surface area contributed by atoms with Gasteiger partial charge in [-0.15, -0.1) is 0 Å². The van der Waals surface area contributed by atoms with E-state index in [0.29, 0.717) is 0 Å². The largest absolute Gasteiger partial charge is 0.383 e. The van der Waals surface area contributed by atoms with E-state index in [-0.39, 0.29) is 0 Å². The van der Waals surface area contributed by atoms with Crippen LogP contribution >= 0.6 is 0 Å². The van der Waals surface area contributed by atoms with Crippen molar-refractivity contribution >= 4 is 17.1 Å². The highest BCUT2D eigenvalue weighted by Gasteiger charge is 2.18. The summed E-state index contributed by atoms with van der Waals surface area (Å²) in [6.07, 6.45) is 1.05. The maximum atomic E-state index is 9.28. The summed E-state index contributed by atoms with van der Waals surface area (Å²) in [4.78, 5) is 2.23. The first-order valence-corrected chi connectivity index (χ1v) is 6.50. The predicted octanol–water partition coefficient (Wildman–Crippen LogP) is 3.51. The lowest BCUT2D eigenvalue weighted by Gasteiger charge is -2.25. The molecule has 0 aliphatic carbocycles. The summed E-state index contributed by atoms with van der Waals surface area (Å²) in [5.41, 5.74) is 3.98. The topological polar surface area (TPSA) is 39.1 Å². The molecule has 0 fully saturated rings. The fraction of sp³-hybridized carbons (Fsp3) is 0.188. The third-order valence-electron chi connectivity index (χ3n) is 3.38. The van der Waals surface area contributed by atoms with Crippen LogP contribution in [0.25, 0.3) is 0 Å². The van der Waals surface area contributed by atoms with Crippen LogP contribution in [0.5, 0.6) is 0 Å². The Labute approximate surface area is 113 Å². The van der Waals surface area contributed by atoms with Crippen molar-refractivity contribution in [2.24, 2.45) is 0 Å². The monoisotopic (exact) mass is 249 g/mol. The zero-order chi connectivity index (χ0) is 13.1. The van der Waals surface area contributed by atoms with E-state index in [1.54, 1.807) is 0 Å². The molecule has 3 heteroatoms. The summed E-state index contributed by atoms with van der Waals surface area (Å²) in [7, 11) is 0. The Morgan fingerprint density at radius 1 is 1.00 bits per heavy atom. The number of hydrogen-bond acceptors (Lipinski definition) is 3. The van der Waals surface area contributed by atoms with E-state index < -0.39 is 0 Å². The molecule has 3 nitrogen and oxygen atoms in total. The maximum absolute atomic E-state index is 9.28. The number of nitriles is 1. The number of nitrogens with zero attached hydrogens (tertiary/aromatic N) is 2. The highest BCUT2D eigenvalue weighted by molar-refractivity contribution is 5.79. The molecule has 0 unspecified atom stereocenters. The Bertz CT molecular complexity index is 628. The van der Waals surface area contributed by atoms with Gasteiger partial charge >= 0.3 is 0 Å². The van der Waals surface area contributed by atoms with Crippen molar-refractivity contribution in [3.63, 3.8) is 0 Å². The minimum atomic E-state index is 0.721. The van der Waals surface area contributed by atoms with Crippen molar-refractivity contribution < 1.29 is 0 Å². The first kappa shape index (κ1) is 11.6. The number of anilines is 3. The zero-order valence-electron chi connectivity index (χ0n) is 10.6. The second-order valence-electron chi connectivity index (χ2n) is 4.58. The third-order valence-corrected chi connectivity index (χ3v) is 3.38. The zero-order valence-corrected chi connectivity index (χ0v) is 10.6. The van der Waals surface area contributed by atoms with Gasteiger partial charge in [-0.25, -0.2) is 0 Å². The van der Waals surface area contributed by atoms with Gasteiger partial charge in [0, 0.05) is 13.1 Å². The summed E-state index contributed by atoms with van der Waals surface area (Å²) < 4.78 is 0. The third kappa shape index (κ3) is 2.13. The number of benzene rings is 2. The molecule has 3 rings (SSSR count). The van der Waals surface area contributed by atoms with Crippen LogP contribution < -0.4 is 10.2 Å². The number of para-hydroxylation sites is 3. The quantitative estimate of drug-likeness (QED) is 0.840. The van der Waals surface area contributed by atoms with Crippen molar-refractivity contribution in [3.8, 4) is 6.07 Å². The smallest absolute Gasteiger partial charge is 0.101 e. The molecule has 2 aromatic carbocycles. The molecule has 1 N–H and O–H groups in total. The predicted molar refractivity (Wildman–Crippen MR) is 77.7 cm³/mol. The molecule has 1 aliphatic rings. The maximum Gasteiger partial charge on any atom is 0.101 e. The lowest BCUT2D eigenvalue weighted by molar-refractivity contribution is 0.862. The standard InChI is InChI=1S/C16H15N3/c17-12-13-6-1-3-8-15(13)19-11-5-10-18-14-7-2-4-9-16(14)19/h1-4,6-9,18H,5,10-11H2. The molecule has 0 aromatic heterocycles. The lowest BCUT2D eigenvalue weighted by atomic mass is 10.1. The van der Waals surface area contributed by atoms with E-state index in [9.17, 15) is 5.26 Å². The molecule has 2 aromatic rings. The van der Waals surface area contributed by atoms with Gasteiger partial charge in [-0.3, -0.25) is 0 Å². The molecule has 0 radical (unpaired) electrons. The number of rotatable bonds is 1. The Morgan fingerprint density at radius 2 is 1.74 bits per heavy atom. The summed E-state index contributed by atoms with van der Waals surface area (Å²) in [5, 5.41) is 12.7. The van der Waals surface area contributed by atoms with E-state index in [4.69, 9.17) is 0 Å². The van der Waals surface area contributed by atoms with Crippen LogP contribution in [0.2, 0.25) is 0 Å². The number of hydrogen-bond donors (Lipinski definition) is 1. The minimum Gasteiger partial charge on any atom is -0.383 e. The highest BCUT2D eigenvalue weighted by atomic mass is 15.2. The van der Waals surface area contributed by atoms with Crippen LogP contribution in [0.1, 0.15) is 12.0 Å². The SMILES string of the molecule is N#Cc1ccccc1N1CCCNc2ccccc21. The van der Waals surface area contributed by atoms with Gasteiger partial charge < -0.3 is 10.2 Å². The highest BCUT2D eigenvalue weighted by Crippen LogP contribution is 2.35. The van der Waals surface area contributed by atoms with Gasteiger partial charge in [-0.1, -0.05) is 24.3 Å². The molecule has 0 saturated heterocycles.